The zero-order chi connectivity index (χ0) is 14.8. The van der Waals surface area contributed by atoms with Crippen molar-refractivity contribution < 1.29 is 4.39 Å². The van der Waals surface area contributed by atoms with Gasteiger partial charge in [0.25, 0.3) is 0 Å². The number of hydrogen-bond acceptors (Lipinski definition) is 2. The molecule has 1 aromatic rings. The van der Waals surface area contributed by atoms with Gasteiger partial charge in [-0.05, 0) is 66.2 Å². The highest BCUT2D eigenvalue weighted by atomic mass is 79.9. The average molecular weight is 355 g/mol. The van der Waals surface area contributed by atoms with E-state index >= 15 is 0 Å². The molecular weight excluding hydrogens is 331 g/mol. The number of nitrogens with one attached hydrogen (secondary N) is 1. The third kappa shape index (κ3) is 3.49. The molecule has 21 heavy (non-hydrogen) atoms. The van der Waals surface area contributed by atoms with E-state index in [0.29, 0.717) is 22.6 Å². The van der Waals surface area contributed by atoms with Gasteiger partial charge in [0.15, 0.2) is 0 Å². The van der Waals surface area contributed by atoms with Crippen molar-refractivity contribution in [2.75, 3.05) is 6.54 Å². The molecule has 2 heterocycles. The molecule has 1 aromatic carbocycles. The normalized spacial score (nSPS) is 28.3. The second-order valence-corrected chi connectivity index (χ2v) is 7.24. The summed E-state index contributed by atoms with van der Waals surface area (Å²) < 4.78 is 14.3. The van der Waals surface area contributed by atoms with Crippen LogP contribution in [0.15, 0.2) is 22.7 Å². The Morgan fingerprint density at radius 1 is 1.29 bits per heavy atom. The van der Waals surface area contributed by atoms with Crippen LogP contribution in [-0.2, 0) is 6.54 Å². The Balaban J connectivity index is 1.73. The number of hydrogen-bond donors (Lipinski definition) is 1. The van der Waals surface area contributed by atoms with Gasteiger partial charge in [0, 0.05) is 24.7 Å². The van der Waals surface area contributed by atoms with E-state index in [1.54, 1.807) is 0 Å². The Bertz CT molecular complexity index is 482. The van der Waals surface area contributed by atoms with Crippen LogP contribution >= 0.6 is 15.9 Å². The Kier molecular flexibility index (Phi) is 4.97. The van der Waals surface area contributed by atoms with Gasteiger partial charge in [-0.3, -0.25) is 4.90 Å². The van der Waals surface area contributed by atoms with Gasteiger partial charge in [-0.15, -0.1) is 0 Å². The van der Waals surface area contributed by atoms with Gasteiger partial charge in [-0.25, -0.2) is 4.39 Å². The lowest BCUT2D eigenvalue weighted by Crippen LogP contribution is -2.48. The number of halogens is 2. The molecule has 2 atom stereocenters. The number of nitrogens with zero attached hydrogens (tertiary/aromatic N) is 1. The maximum Gasteiger partial charge on any atom is 0.137 e. The third-order valence-corrected chi connectivity index (χ3v) is 5.77. The lowest BCUT2D eigenvalue weighted by Gasteiger charge is -2.38. The van der Waals surface area contributed by atoms with Crippen molar-refractivity contribution in [2.24, 2.45) is 0 Å². The molecule has 2 saturated heterocycles. The molecule has 3 rings (SSSR count). The first-order valence-corrected chi connectivity index (χ1v) is 8.89. The first-order valence-electron chi connectivity index (χ1n) is 8.10. The van der Waals surface area contributed by atoms with Crippen LogP contribution in [-0.4, -0.2) is 29.6 Å². The molecule has 2 nitrogen and oxygen atoms in total. The molecule has 2 aliphatic heterocycles. The number of rotatable bonds is 5. The Labute approximate surface area is 135 Å². The fraction of sp³-hybridized carbons (Fsp3) is 0.647. The lowest BCUT2D eigenvalue weighted by atomic mass is 9.97. The second kappa shape index (κ2) is 6.76. The minimum Gasteiger partial charge on any atom is -0.311 e. The van der Waals surface area contributed by atoms with Gasteiger partial charge in [0.1, 0.15) is 5.82 Å². The molecule has 0 amide bonds. The maximum absolute atomic E-state index is 13.7. The highest BCUT2D eigenvalue weighted by Gasteiger charge is 2.35. The zero-order valence-electron chi connectivity index (χ0n) is 12.6. The number of piperidine rings is 1. The summed E-state index contributed by atoms with van der Waals surface area (Å²) in [5.74, 6) is -0.158. The summed E-state index contributed by atoms with van der Waals surface area (Å²) >= 11 is 3.41. The van der Waals surface area contributed by atoms with E-state index in [9.17, 15) is 4.39 Å². The summed E-state index contributed by atoms with van der Waals surface area (Å²) in [6.07, 6.45) is 6.27. The van der Waals surface area contributed by atoms with Gasteiger partial charge in [0.05, 0.1) is 4.47 Å². The summed E-state index contributed by atoms with van der Waals surface area (Å²) in [6.45, 7) is 4.16. The highest BCUT2D eigenvalue weighted by molar-refractivity contribution is 9.10. The highest BCUT2D eigenvalue weighted by Crippen LogP contribution is 2.31. The average Bonchev–Trinajstić information content (AvgIpc) is 2.81. The summed E-state index contributed by atoms with van der Waals surface area (Å²) in [7, 11) is 0. The van der Waals surface area contributed by atoms with E-state index in [4.69, 9.17) is 0 Å². The Morgan fingerprint density at radius 3 is 2.67 bits per heavy atom. The van der Waals surface area contributed by atoms with Crippen molar-refractivity contribution in [1.82, 2.24) is 10.2 Å². The third-order valence-electron chi connectivity index (χ3n) is 4.88. The fourth-order valence-electron chi connectivity index (χ4n) is 3.89. The molecule has 0 spiro atoms. The van der Waals surface area contributed by atoms with Crippen LogP contribution in [0.3, 0.4) is 0 Å². The SMILES string of the molecule is CCCN(Cc1cccc(F)c1Br)C1CC2CCC(C1)N2. The van der Waals surface area contributed by atoms with Crippen LogP contribution in [0.4, 0.5) is 4.39 Å². The van der Waals surface area contributed by atoms with Crippen molar-refractivity contribution in [1.29, 1.82) is 0 Å². The first-order chi connectivity index (χ1) is 10.2. The van der Waals surface area contributed by atoms with Crippen molar-refractivity contribution in [3.63, 3.8) is 0 Å². The van der Waals surface area contributed by atoms with Gasteiger partial charge in [-0.1, -0.05) is 19.1 Å². The first kappa shape index (κ1) is 15.4. The summed E-state index contributed by atoms with van der Waals surface area (Å²) in [5, 5.41) is 3.71. The molecule has 0 aromatic heterocycles. The van der Waals surface area contributed by atoms with Gasteiger partial charge < -0.3 is 5.32 Å². The van der Waals surface area contributed by atoms with Crippen LogP contribution in [0.25, 0.3) is 0 Å². The van der Waals surface area contributed by atoms with E-state index in [0.717, 1.165) is 25.1 Å². The van der Waals surface area contributed by atoms with Crippen LogP contribution in [0.5, 0.6) is 0 Å². The molecule has 2 unspecified atom stereocenters. The Hall–Kier alpha value is -0.450. The van der Waals surface area contributed by atoms with Crippen molar-refractivity contribution >= 4 is 15.9 Å². The van der Waals surface area contributed by atoms with Crippen LogP contribution in [0.1, 0.15) is 44.6 Å². The van der Waals surface area contributed by atoms with E-state index < -0.39 is 0 Å². The van der Waals surface area contributed by atoms with Crippen molar-refractivity contribution in [3.05, 3.63) is 34.1 Å². The summed E-state index contributed by atoms with van der Waals surface area (Å²) in [4.78, 5) is 2.56. The van der Waals surface area contributed by atoms with E-state index in [-0.39, 0.29) is 5.82 Å². The largest absolute Gasteiger partial charge is 0.311 e. The molecule has 1 N–H and O–H groups in total. The van der Waals surface area contributed by atoms with Crippen molar-refractivity contribution in [2.45, 2.75) is 63.7 Å². The van der Waals surface area contributed by atoms with Crippen molar-refractivity contribution in [3.8, 4) is 0 Å². The Morgan fingerprint density at radius 2 is 2.00 bits per heavy atom. The predicted octanol–water partition coefficient (Wildman–Crippen LogP) is 4.08. The monoisotopic (exact) mass is 354 g/mol. The lowest BCUT2D eigenvalue weighted by molar-refractivity contribution is 0.133. The number of fused-ring (bicyclic) bond motifs is 2. The van der Waals surface area contributed by atoms with Crippen LogP contribution in [0, 0.1) is 5.82 Å². The quantitative estimate of drug-likeness (QED) is 0.856. The minimum atomic E-state index is -0.158. The van der Waals surface area contributed by atoms with Crippen LogP contribution < -0.4 is 5.32 Å². The molecule has 2 aliphatic rings. The summed E-state index contributed by atoms with van der Waals surface area (Å²) in [5.41, 5.74) is 1.06. The van der Waals surface area contributed by atoms with E-state index in [2.05, 4.69) is 33.1 Å². The second-order valence-electron chi connectivity index (χ2n) is 6.45. The molecule has 0 aliphatic carbocycles. The molecular formula is C17H24BrFN2. The minimum absolute atomic E-state index is 0.158. The fourth-order valence-corrected chi connectivity index (χ4v) is 4.28. The van der Waals surface area contributed by atoms with Gasteiger partial charge >= 0.3 is 0 Å². The predicted molar refractivity (Wildman–Crippen MR) is 87.8 cm³/mol. The molecule has 2 fully saturated rings. The van der Waals surface area contributed by atoms with Gasteiger partial charge in [-0.2, -0.15) is 0 Å². The van der Waals surface area contributed by atoms with Gasteiger partial charge in [0.2, 0.25) is 0 Å². The smallest absolute Gasteiger partial charge is 0.137 e. The molecule has 0 radical (unpaired) electrons. The number of benzene rings is 1. The van der Waals surface area contributed by atoms with E-state index in [1.807, 2.05) is 12.1 Å². The summed E-state index contributed by atoms with van der Waals surface area (Å²) in [6, 6.07) is 7.40. The topological polar surface area (TPSA) is 15.3 Å². The standard InChI is InChI=1S/C17H24BrFN2/c1-2-8-21(11-12-4-3-5-16(19)17(12)18)15-9-13-6-7-14(10-15)20-13/h3-5,13-15,20H,2,6-11H2,1H3. The van der Waals surface area contributed by atoms with Crippen LogP contribution in [0.2, 0.25) is 0 Å². The molecule has 116 valence electrons. The molecule has 2 bridgehead atoms. The molecule has 4 heteroatoms. The maximum atomic E-state index is 13.7. The molecule has 0 saturated carbocycles. The van der Waals surface area contributed by atoms with E-state index in [1.165, 1.54) is 31.7 Å². The zero-order valence-corrected chi connectivity index (χ0v) is 14.2.